The highest BCUT2D eigenvalue weighted by atomic mass is 16.6. The molecular weight excluding hydrogens is 422 g/mol. The highest BCUT2D eigenvalue weighted by molar-refractivity contribution is 5.92. The monoisotopic (exact) mass is 463 g/mol. The molecule has 0 aromatic heterocycles. The summed E-state index contributed by atoms with van der Waals surface area (Å²) in [4.78, 5) is 40.9. The smallest absolute Gasteiger partial charge is 0.408 e. The van der Waals surface area contributed by atoms with Crippen LogP contribution >= 0.6 is 0 Å². The highest BCUT2D eigenvalue weighted by Crippen LogP contribution is 2.25. The van der Waals surface area contributed by atoms with Crippen molar-refractivity contribution in [1.29, 1.82) is 0 Å². The van der Waals surface area contributed by atoms with E-state index < -0.39 is 35.2 Å². The van der Waals surface area contributed by atoms with Crippen molar-refractivity contribution in [2.45, 2.75) is 85.5 Å². The van der Waals surface area contributed by atoms with Gasteiger partial charge in [0, 0.05) is 12.1 Å². The van der Waals surface area contributed by atoms with Gasteiger partial charge in [0.15, 0.2) is 0 Å². The largest absolute Gasteiger partial charge is 0.444 e. The highest BCUT2D eigenvalue weighted by Gasteiger charge is 2.38. The molecule has 1 rings (SSSR count). The molecule has 1 aromatic rings. The van der Waals surface area contributed by atoms with E-state index in [4.69, 9.17) is 4.74 Å². The normalized spacial score (nSPS) is 13.8. The first-order valence-corrected chi connectivity index (χ1v) is 11.3. The minimum Gasteiger partial charge on any atom is -0.444 e. The number of nitrogens with one attached hydrogen (secondary N) is 2. The standard InChI is InChI=1S/C25H41N3O5/c1-16(2)19(26-23(32)33-25(7,8)9)22(31)28(13-14-29)20(21(30)27-24(4,5)6)18-12-10-11-17(3)15-18/h10-12,15-16,19-20,29H,13-14H2,1-9H3,(H,26,32)(H,27,30). The van der Waals surface area contributed by atoms with Crippen LogP contribution in [0.5, 0.6) is 0 Å². The fraction of sp³-hybridized carbons (Fsp3) is 0.640. The number of aliphatic hydroxyl groups excluding tert-OH is 1. The van der Waals surface area contributed by atoms with Gasteiger partial charge in [-0.05, 0) is 59.9 Å². The second-order valence-electron chi connectivity index (χ2n) is 10.7. The first-order chi connectivity index (χ1) is 15.1. The Morgan fingerprint density at radius 1 is 1.09 bits per heavy atom. The number of alkyl carbamates (subject to hydrolysis) is 1. The third kappa shape index (κ3) is 9.42. The van der Waals surface area contributed by atoms with Crippen LogP contribution in [-0.2, 0) is 14.3 Å². The van der Waals surface area contributed by atoms with Crippen molar-refractivity contribution >= 4 is 17.9 Å². The Kier molecular flexibility index (Phi) is 9.90. The molecule has 1 aromatic carbocycles. The molecule has 186 valence electrons. The lowest BCUT2D eigenvalue weighted by Gasteiger charge is -2.36. The number of rotatable bonds is 8. The maximum atomic E-state index is 13.7. The van der Waals surface area contributed by atoms with E-state index in [-0.39, 0.29) is 25.0 Å². The van der Waals surface area contributed by atoms with E-state index in [1.807, 2.05) is 45.9 Å². The molecule has 0 aliphatic carbocycles. The number of amides is 3. The molecule has 0 fully saturated rings. The third-order valence-electron chi connectivity index (χ3n) is 4.65. The Balaban J connectivity index is 3.43. The summed E-state index contributed by atoms with van der Waals surface area (Å²) < 4.78 is 5.33. The van der Waals surface area contributed by atoms with Crippen molar-refractivity contribution in [3.63, 3.8) is 0 Å². The summed E-state index contributed by atoms with van der Waals surface area (Å²) in [7, 11) is 0. The number of carbonyl (C=O) groups excluding carboxylic acids is 3. The van der Waals surface area contributed by atoms with Crippen LogP contribution in [0.4, 0.5) is 4.79 Å². The minimum absolute atomic E-state index is 0.0752. The molecule has 3 N–H and O–H groups in total. The molecule has 0 saturated heterocycles. The first kappa shape index (κ1) is 28.4. The fourth-order valence-corrected chi connectivity index (χ4v) is 3.35. The maximum Gasteiger partial charge on any atom is 0.408 e. The number of aliphatic hydroxyl groups is 1. The zero-order chi connectivity index (χ0) is 25.6. The van der Waals surface area contributed by atoms with E-state index in [9.17, 15) is 19.5 Å². The molecule has 8 nitrogen and oxygen atoms in total. The van der Waals surface area contributed by atoms with Crippen LogP contribution in [0.1, 0.15) is 72.6 Å². The molecule has 2 unspecified atom stereocenters. The van der Waals surface area contributed by atoms with Gasteiger partial charge in [-0.2, -0.15) is 0 Å². The van der Waals surface area contributed by atoms with E-state index in [1.54, 1.807) is 40.7 Å². The van der Waals surface area contributed by atoms with Crippen LogP contribution in [0.2, 0.25) is 0 Å². The first-order valence-electron chi connectivity index (χ1n) is 11.3. The van der Waals surface area contributed by atoms with Crippen molar-refractivity contribution in [3.05, 3.63) is 35.4 Å². The van der Waals surface area contributed by atoms with Gasteiger partial charge >= 0.3 is 6.09 Å². The van der Waals surface area contributed by atoms with Gasteiger partial charge in [-0.15, -0.1) is 0 Å². The molecule has 8 heteroatoms. The topological polar surface area (TPSA) is 108 Å². The SMILES string of the molecule is Cc1cccc(C(C(=O)NC(C)(C)C)N(CCO)C(=O)C(NC(=O)OC(C)(C)C)C(C)C)c1. The summed E-state index contributed by atoms with van der Waals surface area (Å²) in [6.07, 6.45) is -0.718. The molecule has 3 amide bonds. The summed E-state index contributed by atoms with van der Waals surface area (Å²) in [5.74, 6) is -1.12. The van der Waals surface area contributed by atoms with Gasteiger partial charge in [0.05, 0.1) is 6.61 Å². The van der Waals surface area contributed by atoms with Gasteiger partial charge in [0.2, 0.25) is 11.8 Å². The summed E-state index contributed by atoms with van der Waals surface area (Å²) in [6.45, 7) is 15.9. The van der Waals surface area contributed by atoms with Gasteiger partial charge in [-0.1, -0.05) is 43.7 Å². The Bertz CT molecular complexity index is 824. The Morgan fingerprint density at radius 3 is 2.15 bits per heavy atom. The number of ether oxygens (including phenoxy) is 1. The number of aryl methyl sites for hydroxylation is 1. The molecular formula is C25H41N3O5. The van der Waals surface area contributed by atoms with Gasteiger partial charge in [-0.25, -0.2) is 4.79 Å². The zero-order valence-corrected chi connectivity index (χ0v) is 21.5. The van der Waals surface area contributed by atoms with E-state index in [1.165, 1.54) is 4.90 Å². The van der Waals surface area contributed by atoms with Gasteiger partial charge in [0.1, 0.15) is 17.7 Å². The molecule has 0 aliphatic heterocycles. The van der Waals surface area contributed by atoms with Crippen LogP contribution in [0.15, 0.2) is 24.3 Å². The number of carbonyl (C=O) groups is 3. The summed E-state index contributed by atoms with van der Waals surface area (Å²) >= 11 is 0. The van der Waals surface area contributed by atoms with Crippen LogP contribution in [0.25, 0.3) is 0 Å². The predicted molar refractivity (Wildman–Crippen MR) is 129 cm³/mol. The zero-order valence-electron chi connectivity index (χ0n) is 21.5. The van der Waals surface area contributed by atoms with E-state index in [0.717, 1.165) is 5.56 Å². The van der Waals surface area contributed by atoms with Crippen molar-refractivity contribution in [2.75, 3.05) is 13.2 Å². The number of hydrogen-bond donors (Lipinski definition) is 3. The van der Waals surface area contributed by atoms with E-state index in [0.29, 0.717) is 5.56 Å². The van der Waals surface area contributed by atoms with Crippen molar-refractivity contribution in [1.82, 2.24) is 15.5 Å². The Morgan fingerprint density at radius 2 is 1.70 bits per heavy atom. The molecule has 0 bridgehead atoms. The van der Waals surface area contributed by atoms with E-state index >= 15 is 0 Å². The maximum absolute atomic E-state index is 13.7. The van der Waals surface area contributed by atoms with Crippen LogP contribution in [0, 0.1) is 12.8 Å². The summed E-state index contributed by atoms with van der Waals surface area (Å²) in [6, 6.07) is 5.43. The molecule has 2 atom stereocenters. The summed E-state index contributed by atoms with van der Waals surface area (Å²) in [5, 5.41) is 15.4. The summed E-state index contributed by atoms with van der Waals surface area (Å²) in [5.41, 5.74) is 0.304. The fourth-order valence-electron chi connectivity index (χ4n) is 3.35. The molecule has 0 aliphatic rings. The third-order valence-corrected chi connectivity index (χ3v) is 4.65. The second kappa shape index (κ2) is 11.5. The quantitative estimate of drug-likeness (QED) is 0.548. The minimum atomic E-state index is -0.981. The molecule has 0 spiro atoms. The predicted octanol–water partition coefficient (Wildman–Crippen LogP) is 3.32. The lowest BCUT2D eigenvalue weighted by atomic mass is 9.97. The Hall–Kier alpha value is -2.61. The lowest BCUT2D eigenvalue weighted by Crippen LogP contribution is -2.56. The number of hydrogen-bond acceptors (Lipinski definition) is 5. The van der Waals surface area contributed by atoms with Crippen LogP contribution < -0.4 is 10.6 Å². The average Bonchev–Trinajstić information content (AvgIpc) is 2.62. The van der Waals surface area contributed by atoms with Crippen molar-refractivity contribution < 1.29 is 24.2 Å². The Labute approximate surface area is 198 Å². The molecule has 0 radical (unpaired) electrons. The second-order valence-corrected chi connectivity index (χ2v) is 10.7. The van der Waals surface area contributed by atoms with Crippen molar-refractivity contribution in [3.8, 4) is 0 Å². The number of benzene rings is 1. The van der Waals surface area contributed by atoms with E-state index in [2.05, 4.69) is 10.6 Å². The van der Waals surface area contributed by atoms with Gasteiger partial charge in [-0.3, -0.25) is 9.59 Å². The van der Waals surface area contributed by atoms with Crippen molar-refractivity contribution in [2.24, 2.45) is 5.92 Å². The molecule has 0 saturated carbocycles. The van der Waals surface area contributed by atoms with Gasteiger partial charge in [0.25, 0.3) is 0 Å². The lowest BCUT2D eigenvalue weighted by molar-refractivity contribution is -0.144. The van der Waals surface area contributed by atoms with Gasteiger partial charge < -0.3 is 25.4 Å². The molecule has 0 heterocycles. The van der Waals surface area contributed by atoms with Crippen LogP contribution in [-0.4, -0.2) is 58.2 Å². The molecule has 33 heavy (non-hydrogen) atoms. The average molecular weight is 464 g/mol. The van der Waals surface area contributed by atoms with Crippen LogP contribution in [0.3, 0.4) is 0 Å². The number of nitrogens with zero attached hydrogens (tertiary/aromatic N) is 1.